The van der Waals surface area contributed by atoms with E-state index in [4.69, 9.17) is 11.6 Å². The maximum Gasteiger partial charge on any atom is 0.183 e. The summed E-state index contributed by atoms with van der Waals surface area (Å²) >= 11 is 5.85. The lowest BCUT2D eigenvalue weighted by Crippen LogP contribution is -1.96. The molecule has 0 aliphatic heterocycles. The summed E-state index contributed by atoms with van der Waals surface area (Å²) < 4.78 is 0. The van der Waals surface area contributed by atoms with Crippen LogP contribution in [0.2, 0.25) is 5.02 Å². The van der Waals surface area contributed by atoms with Gasteiger partial charge in [-0.3, -0.25) is 4.79 Å². The highest BCUT2D eigenvalue weighted by Crippen LogP contribution is 2.24. The molecule has 1 N–H and O–H groups in total. The van der Waals surface area contributed by atoms with Gasteiger partial charge in [0, 0.05) is 6.92 Å². The lowest BCUT2D eigenvalue weighted by Gasteiger charge is -1.98. The number of allylic oxidation sites excluding steroid dienone is 2. The zero-order valence-corrected chi connectivity index (χ0v) is 9.69. The van der Waals surface area contributed by atoms with Crippen LogP contribution in [0.4, 0.5) is 5.69 Å². The van der Waals surface area contributed by atoms with Gasteiger partial charge in [0.15, 0.2) is 11.5 Å². The Kier molecular flexibility index (Phi) is 4.19. The number of aliphatic hydroxyl groups excluding tert-OH is 1. The fourth-order valence-electron chi connectivity index (χ4n) is 1.03. The fraction of sp³-hybridized carbons (Fsp3) is 0.182. The van der Waals surface area contributed by atoms with Crippen LogP contribution in [0.25, 0.3) is 0 Å². The normalized spacial score (nSPS) is 12.7. The zero-order chi connectivity index (χ0) is 12.1. The van der Waals surface area contributed by atoms with Crippen molar-refractivity contribution in [2.24, 2.45) is 10.2 Å². The van der Waals surface area contributed by atoms with E-state index >= 15 is 0 Å². The average molecular weight is 239 g/mol. The third-order valence-corrected chi connectivity index (χ3v) is 2.11. The Hall–Kier alpha value is -1.68. The monoisotopic (exact) mass is 238 g/mol. The first kappa shape index (κ1) is 12.4. The number of aliphatic hydroxyl groups is 1. The SMILES string of the molecule is CC(=O)/C(N=Nc1ccccc1Cl)=C(/C)O. The molecule has 0 aliphatic rings. The summed E-state index contributed by atoms with van der Waals surface area (Å²) in [6, 6.07) is 6.85. The zero-order valence-electron chi connectivity index (χ0n) is 8.94. The molecule has 0 fully saturated rings. The molecule has 0 bridgehead atoms. The Morgan fingerprint density at radius 3 is 2.44 bits per heavy atom. The summed E-state index contributed by atoms with van der Waals surface area (Å²) in [5.74, 6) is -0.515. The van der Waals surface area contributed by atoms with Crippen LogP contribution in [0.15, 0.2) is 46.0 Å². The lowest BCUT2D eigenvalue weighted by molar-refractivity contribution is -0.113. The van der Waals surface area contributed by atoms with E-state index in [9.17, 15) is 9.90 Å². The van der Waals surface area contributed by atoms with Crippen LogP contribution in [-0.4, -0.2) is 10.9 Å². The van der Waals surface area contributed by atoms with Crippen LogP contribution < -0.4 is 0 Å². The number of carbonyl (C=O) groups excluding carboxylic acids is 1. The molecule has 0 atom stereocenters. The molecule has 84 valence electrons. The molecule has 0 radical (unpaired) electrons. The summed E-state index contributed by atoms with van der Waals surface area (Å²) in [4.78, 5) is 11.1. The molecular formula is C11H11ClN2O2. The van der Waals surface area contributed by atoms with Crippen LogP contribution in [0.5, 0.6) is 0 Å². The van der Waals surface area contributed by atoms with Crippen molar-refractivity contribution >= 4 is 23.1 Å². The lowest BCUT2D eigenvalue weighted by atomic mass is 10.3. The topological polar surface area (TPSA) is 62.0 Å². The maximum absolute atomic E-state index is 11.1. The Bertz CT molecular complexity index is 463. The van der Waals surface area contributed by atoms with Gasteiger partial charge < -0.3 is 5.11 Å². The molecule has 0 heterocycles. The number of benzene rings is 1. The van der Waals surface area contributed by atoms with Crippen LogP contribution in [0.3, 0.4) is 0 Å². The molecule has 0 aliphatic carbocycles. The van der Waals surface area contributed by atoms with Crippen molar-refractivity contribution in [2.45, 2.75) is 13.8 Å². The Balaban J connectivity index is 3.02. The van der Waals surface area contributed by atoms with E-state index in [0.29, 0.717) is 10.7 Å². The number of rotatable bonds is 3. The van der Waals surface area contributed by atoms with E-state index in [-0.39, 0.29) is 17.2 Å². The third-order valence-electron chi connectivity index (χ3n) is 1.79. The summed E-state index contributed by atoms with van der Waals surface area (Å²) in [7, 11) is 0. The van der Waals surface area contributed by atoms with Crippen molar-refractivity contribution in [1.82, 2.24) is 0 Å². The predicted octanol–water partition coefficient (Wildman–Crippen LogP) is 3.80. The fourth-order valence-corrected chi connectivity index (χ4v) is 1.21. The van der Waals surface area contributed by atoms with E-state index in [1.54, 1.807) is 24.3 Å². The highest BCUT2D eigenvalue weighted by molar-refractivity contribution is 6.32. The van der Waals surface area contributed by atoms with Gasteiger partial charge >= 0.3 is 0 Å². The minimum absolute atomic E-state index is 0.0695. The molecule has 1 aromatic rings. The molecule has 0 saturated heterocycles. The van der Waals surface area contributed by atoms with Gasteiger partial charge in [-0.2, -0.15) is 0 Å². The number of halogens is 1. The minimum Gasteiger partial charge on any atom is -0.510 e. The molecule has 4 nitrogen and oxygen atoms in total. The molecule has 0 aromatic heterocycles. The van der Waals surface area contributed by atoms with Gasteiger partial charge in [0.05, 0.1) is 5.02 Å². The average Bonchev–Trinajstić information content (AvgIpc) is 2.20. The number of ketones is 1. The Labute approximate surface area is 98.3 Å². The first-order valence-electron chi connectivity index (χ1n) is 4.59. The summed E-state index contributed by atoms with van der Waals surface area (Å²) in [6.45, 7) is 2.68. The van der Waals surface area contributed by atoms with Crippen molar-refractivity contribution in [3.63, 3.8) is 0 Å². The number of nitrogens with zero attached hydrogens (tertiary/aromatic N) is 2. The number of carbonyl (C=O) groups is 1. The summed E-state index contributed by atoms with van der Waals surface area (Å²) in [6.07, 6.45) is 0. The van der Waals surface area contributed by atoms with E-state index in [0.717, 1.165) is 0 Å². The van der Waals surface area contributed by atoms with Gasteiger partial charge in [0.1, 0.15) is 11.4 Å². The van der Waals surface area contributed by atoms with Gasteiger partial charge in [-0.25, -0.2) is 0 Å². The van der Waals surface area contributed by atoms with Crippen molar-refractivity contribution in [3.8, 4) is 0 Å². The van der Waals surface area contributed by atoms with Crippen LogP contribution in [-0.2, 0) is 4.79 Å². The number of hydrogen-bond acceptors (Lipinski definition) is 4. The summed E-state index contributed by atoms with van der Waals surface area (Å²) in [5.41, 5.74) is 0.379. The van der Waals surface area contributed by atoms with E-state index in [2.05, 4.69) is 10.2 Å². The van der Waals surface area contributed by atoms with E-state index in [1.165, 1.54) is 13.8 Å². The number of hydrogen-bond donors (Lipinski definition) is 1. The number of azo groups is 1. The first-order valence-corrected chi connectivity index (χ1v) is 4.97. The highest BCUT2D eigenvalue weighted by Gasteiger charge is 2.06. The third kappa shape index (κ3) is 3.17. The quantitative estimate of drug-likeness (QED) is 0.495. The molecule has 16 heavy (non-hydrogen) atoms. The molecule has 0 unspecified atom stereocenters. The standard InChI is InChI=1S/C11H11ClN2O2/c1-7(15)11(8(2)16)14-13-10-6-4-3-5-9(10)12/h3-6,15H,1-2H3/b11-7+,14-13?. The second kappa shape index (κ2) is 5.42. The molecule has 1 aromatic carbocycles. The van der Waals surface area contributed by atoms with Crippen molar-refractivity contribution in [3.05, 3.63) is 40.7 Å². The first-order chi connectivity index (χ1) is 7.52. The second-order valence-corrected chi connectivity index (χ2v) is 3.55. The predicted molar refractivity (Wildman–Crippen MR) is 62.0 cm³/mol. The smallest absolute Gasteiger partial charge is 0.183 e. The van der Waals surface area contributed by atoms with E-state index < -0.39 is 0 Å². The van der Waals surface area contributed by atoms with Crippen molar-refractivity contribution in [1.29, 1.82) is 0 Å². The van der Waals surface area contributed by atoms with Crippen molar-refractivity contribution in [2.75, 3.05) is 0 Å². The number of Topliss-reactive ketones (excluding diaryl/α,β-unsaturated/α-hetero) is 1. The molecular weight excluding hydrogens is 228 g/mol. The molecule has 5 heteroatoms. The Morgan fingerprint density at radius 2 is 1.94 bits per heavy atom. The highest BCUT2D eigenvalue weighted by atomic mass is 35.5. The van der Waals surface area contributed by atoms with Crippen LogP contribution >= 0.6 is 11.6 Å². The minimum atomic E-state index is -0.351. The van der Waals surface area contributed by atoms with E-state index in [1.807, 2.05) is 0 Å². The van der Waals surface area contributed by atoms with Gasteiger partial charge in [0.25, 0.3) is 0 Å². The molecule has 0 saturated carbocycles. The maximum atomic E-state index is 11.1. The van der Waals surface area contributed by atoms with Crippen LogP contribution in [0, 0.1) is 0 Å². The van der Waals surface area contributed by atoms with Crippen molar-refractivity contribution < 1.29 is 9.90 Å². The Morgan fingerprint density at radius 1 is 1.31 bits per heavy atom. The van der Waals surface area contributed by atoms with Gasteiger partial charge in [-0.05, 0) is 19.1 Å². The summed E-state index contributed by atoms with van der Waals surface area (Å²) in [5, 5.41) is 17.1. The van der Waals surface area contributed by atoms with Gasteiger partial charge in [-0.1, -0.05) is 23.7 Å². The van der Waals surface area contributed by atoms with Gasteiger partial charge in [0.2, 0.25) is 0 Å². The van der Waals surface area contributed by atoms with Crippen LogP contribution in [0.1, 0.15) is 13.8 Å². The second-order valence-electron chi connectivity index (χ2n) is 3.14. The molecule has 1 rings (SSSR count). The molecule has 0 spiro atoms. The largest absolute Gasteiger partial charge is 0.510 e. The van der Waals surface area contributed by atoms with Gasteiger partial charge in [-0.15, -0.1) is 10.2 Å². The molecule has 0 amide bonds.